The maximum atomic E-state index is 11.1. The van der Waals surface area contributed by atoms with Crippen LogP contribution >= 0.6 is 0 Å². The first-order valence-corrected chi connectivity index (χ1v) is 8.15. The molecule has 0 spiro atoms. The average Bonchev–Trinajstić information content (AvgIpc) is 2.64. The largest absolute Gasteiger partial charge is 0.339 e. The Labute approximate surface area is 161 Å². The molecule has 1 aromatic carbocycles. The molecular weight excluding hydrogens is 376 g/mol. The zero-order chi connectivity index (χ0) is 20.9. The van der Waals surface area contributed by atoms with Crippen LogP contribution in [0.1, 0.15) is 27.7 Å². The molecule has 11 heteroatoms. The van der Waals surface area contributed by atoms with Crippen LogP contribution < -0.4 is 5.43 Å². The molecular formula is C17H22N2O9. The number of para-hydroxylation sites is 1. The van der Waals surface area contributed by atoms with Crippen molar-refractivity contribution in [1.82, 2.24) is 0 Å². The fourth-order valence-electron chi connectivity index (χ4n) is 1.71. The van der Waals surface area contributed by atoms with Gasteiger partial charge in [0.1, 0.15) is 6.10 Å². The van der Waals surface area contributed by atoms with E-state index in [0.29, 0.717) is 5.69 Å². The van der Waals surface area contributed by atoms with Gasteiger partial charge in [-0.1, -0.05) is 18.2 Å². The van der Waals surface area contributed by atoms with Crippen LogP contribution in [0, 0.1) is 0 Å². The van der Waals surface area contributed by atoms with Crippen LogP contribution in [0.25, 0.3) is 0 Å². The highest BCUT2D eigenvalue weighted by Crippen LogP contribution is 2.14. The number of rotatable bonds is 11. The molecule has 0 saturated heterocycles. The third-order valence-corrected chi connectivity index (χ3v) is 2.85. The standard InChI is InChI=1S/C17H22N2O9/c1-11(23-24-12(2)20)17(28-26-14(4)22)16(27-25-13(3)21)10-18-19-15-8-6-5-7-9-15/h5-11,16-17,19H,1-4H3/b18-10+/t11-,16-,17-/m0/s1. The molecule has 11 nitrogen and oxygen atoms in total. The summed E-state index contributed by atoms with van der Waals surface area (Å²) >= 11 is 0. The van der Waals surface area contributed by atoms with E-state index >= 15 is 0 Å². The fourth-order valence-corrected chi connectivity index (χ4v) is 1.71. The van der Waals surface area contributed by atoms with Gasteiger partial charge in [0.05, 0.1) is 11.9 Å². The number of hydrogen-bond acceptors (Lipinski definition) is 11. The number of benzene rings is 1. The number of hydrogen-bond donors (Lipinski definition) is 1. The molecule has 0 fully saturated rings. The Kier molecular flexibility index (Phi) is 10.2. The molecule has 0 amide bonds. The molecule has 0 radical (unpaired) electrons. The van der Waals surface area contributed by atoms with Crippen LogP contribution in [-0.4, -0.2) is 42.4 Å². The van der Waals surface area contributed by atoms with E-state index in [-0.39, 0.29) is 0 Å². The first-order chi connectivity index (χ1) is 13.3. The van der Waals surface area contributed by atoms with Crippen molar-refractivity contribution in [3.8, 4) is 0 Å². The van der Waals surface area contributed by atoms with E-state index in [9.17, 15) is 14.4 Å². The summed E-state index contributed by atoms with van der Waals surface area (Å²) in [5.74, 6) is -2.21. The average molecular weight is 398 g/mol. The quantitative estimate of drug-likeness (QED) is 0.334. The molecule has 0 saturated carbocycles. The molecule has 1 rings (SSSR count). The Morgan fingerprint density at radius 1 is 0.893 bits per heavy atom. The van der Waals surface area contributed by atoms with Gasteiger partial charge < -0.3 is 0 Å². The smallest absolute Gasteiger partial charge is 0.298 e. The van der Waals surface area contributed by atoms with Crippen molar-refractivity contribution < 1.29 is 43.7 Å². The van der Waals surface area contributed by atoms with Crippen LogP contribution in [0.2, 0.25) is 0 Å². The second-order valence-electron chi connectivity index (χ2n) is 5.40. The summed E-state index contributed by atoms with van der Waals surface area (Å²) in [5, 5.41) is 3.97. The molecule has 0 aliphatic carbocycles. The van der Waals surface area contributed by atoms with Crippen molar-refractivity contribution in [2.24, 2.45) is 5.10 Å². The van der Waals surface area contributed by atoms with Crippen molar-refractivity contribution in [3.63, 3.8) is 0 Å². The lowest BCUT2D eigenvalue weighted by Gasteiger charge is -2.25. The minimum Gasteiger partial charge on any atom is -0.298 e. The monoisotopic (exact) mass is 398 g/mol. The molecule has 0 aliphatic heterocycles. The van der Waals surface area contributed by atoms with E-state index in [0.717, 1.165) is 20.8 Å². The molecule has 0 bridgehead atoms. The maximum absolute atomic E-state index is 11.1. The van der Waals surface area contributed by atoms with Crippen molar-refractivity contribution >= 4 is 29.8 Å². The Morgan fingerprint density at radius 2 is 1.43 bits per heavy atom. The first-order valence-electron chi connectivity index (χ1n) is 8.15. The predicted molar refractivity (Wildman–Crippen MR) is 94.1 cm³/mol. The molecule has 28 heavy (non-hydrogen) atoms. The Bertz CT molecular complexity index is 666. The summed E-state index contributed by atoms with van der Waals surface area (Å²) < 4.78 is 0. The predicted octanol–water partition coefficient (Wildman–Crippen LogP) is 1.69. The van der Waals surface area contributed by atoms with E-state index in [1.807, 2.05) is 6.07 Å². The molecule has 0 aromatic heterocycles. The lowest BCUT2D eigenvalue weighted by molar-refractivity contribution is -0.385. The van der Waals surface area contributed by atoms with Gasteiger partial charge in [-0.2, -0.15) is 19.8 Å². The fraction of sp³-hybridized carbons (Fsp3) is 0.412. The molecule has 0 heterocycles. The van der Waals surface area contributed by atoms with Gasteiger partial charge in [-0.25, -0.2) is 14.4 Å². The number of carbonyl (C=O) groups excluding carboxylic acids is 3. The van der Waals surface area contributed by atoms with Crippen LogP contribution in [0.3, 0.4) is 0 Å². The molecule has 3 atom stereocenters. The third kappa shape index (κ3) is 9.62. The van der Waals surface area contributed by atoms with E-state index < -0.39 is 36.2 Å². The van der Waals surface area contributed by atoms with Crippen molar-refractivity contribution in [1.29, 1.82) is 0 Å². The number of anilines is 1. The van der Waals surface area contributed by atoms with Gasteiger partial charge in [0.15, 0.2) is 12.2 Å². The van der Waals surface area contributed by atoms with E-state index in [2.05, 4.69) is 25.2 Å². The third-order valence-electron chi connectivity index (χ3n) is 2.85. The van der Waals surface area contributed by atoms with E-state index in [1.54, 1.807) is 24.3 Å². The Balaban J connectivity index is 2.93. The second-order valence-corrected chi connectivity index (χ2v) is 5.40. The van der Waals surface area contributed by atoms with Gasteiger partial charge in [0.25, 0.3) is 0 Å². The molecule has 1 aromatic rings. The number of nitrogens with zero attached hydrogens (tertiary/aromatic N) is 1. The first kappa shape index (κ1) is 23.0. The normalized spacial score (nSPS) is 14.0. The van der Waals surface area contributed by atoms with Gasteiger partial charge in [-0.3, -0.25) is 20.1 Å². The number of carbonyl (C=O) groups is 3. The van der Waals surface area contributed by atoms with Crippen molar-refractivity contribution in [2.45, 2.75) is 46.0 Å². The molecule has 1 N–H and O–H groups in total. The lowest BCUT2D eigenvalue weighted by Crippen LogP contribution is -2.43. The number of nitrogens with one attached hydrogen (secondary N) is 1. The summed E-state index contributed by atoms with van der Waals surface area (Å²) in [6.07, 6.45) is -2.24. The minimum absolute atomic E-state index is 0.673. The van der Waals surface area contributed by atoms with Crippen LogP contribution in [-0.2, 0) is 43.7 Å². The highest BCUT2D eigenvalue weighted by atomic mass is 17.2. The van der Waals surface area contributed by atoms with Crippen molar-refractivity contribution in [2.75, 3.05) is 5.43 Å². The van der Waals surface area contributed by atoms with Crippen molar-refractivity contribution in [3.05, 3.63) is 30.3 Å². The highest BCUT2D eigenvalue weighted by Gasteiger charge is 2.34. The van der Waals surface area contributed by atoms with Gasteiger partial charge in [0.2, 0.25) is 0 Å². The Hall–Kier alpha value is -3.02. The summed E-state index contributed by atoms with van der Waals surface area (Å²) in [6, 6.07) is 8.95. The zero-order valence-corrected chi connectivity index (χ0v) is 15.8. The van der Waals surface area contributed by atoms with Crippen LogP contribution in [0.4, 0.5) is 5.69 Å². The van der Waals surface area contributed by atoms with Gasteiger partial charge in [-0.15, -0.1) is 0 Å². The molecule has 154 valence electrons. The van der Waals surface area contributed by atoms with E-state index in [1.165, 1.54) is 13.1 Å². The van der Waals surface area contributed by atoms with Crippen LogP contribution in [0.5, 0.6) is 0 Å². The molecule has 0 aliphatic rings. The second kappa shape index (κ2) is 12.4. The summed E-state index contributed by atoms with van der Waals surface area (Å²) in [5.41, 5.74) is 3.40. The molecule has 0 unspecified atom stereocenters. The summed E-state index contributed by atoms with van der Waals surface area (Å²) in [4.78, 5) is 61.5. The minimum atomic E-state index is -1.22. The summed E-state index contributed by atoms with van der Waals surface area (Å²) in [6.45, 7) is 4.81. The van der Waals surface area contributed by atoms with Gasteiger partial charge in [-0.05, 0) is 19.1 Å². The highest BCUT2D eigenvalue weighted by molar-refractivity contribution is 5.68. The zero-order valence-electron chi connectivity index (χ0n) is 15.8. The van der Waals surface area contributed by atoms with Crippen LogP contribution in [0.15, 0.2) is 35.4 Å². The number of hydrazone groups is 1. The SMILES string of the molecule is CC(=O)OO[C@@H]([C@H](C)OOC(C)=O)[C@H](/C=N/Nc1ccccc1)OOC(C)=O. The summed E-state index contributed by atoms with van der Waals surface area (Å²) in [7, 11) is 0. The topological polar surface area (TPSA) is 131 Å². The van der Waals surface area contributed by atoms with Gasteiger partial charge >= 0.3 is 17.9 Å². The maximum Gasteiger partial charge on any atom is 0.339 e. The Morgan fingerprint density at radius 3 is 2.00 bits per heavy atom. The lowest BCUT2D eigenvalue weighted by atomic mass is 10.1. The van der Waals surface area contributed by atoms with Gasteiger partial charge in [0, 0.05) is 20.8 Å². The van der Waals surface area contributed by atoms with E-state index in [4.69, 9.17) is 14.7 Å².